The van der Waals surface area contributed by atoms with E-state index >= 15 is 0 Å². The molecule has 0 bridgehead atoms. The third-order valence-corrected chi connectivity index (χ3v) is 24.9. The zero-order valence-electron chi connectivity index (χ0n) is 17.1. The quantitative estimate of drug-likeness (QED) is 0.287. The SMILES string of the molecule is CCC[CH2][Sn]([CH2]CCC)([CH2]CCC)[c]1ccc(-c2ccc(OC)cc2)s1. The van der Waals surface area contributed by atoms with Gasteiger partial charge in [0.15, 0.2) is 0 Å². The van der Waals surface area contributed by atoms with Gasteiger partial charge in [0.25, 0.3) is 0 Å². The van der Waals surface area contributed by atoms with Gasteiger partial charge in [0.1, 0.15) is 0 Å². The van der Waals surface area contributed by atoms with Crippen LogP contribution in [0, 0.1) is 0 Å². The van der Waals surface area contributed by atoms with Gasteiger partial charge < -0.3 is 0 Å². The first kappa shape index (κ1) is 21.8. The van der Waals surface area contributed by atoms with Gasteiger partial charge in [-0.2, -0.15) is 0 Å². The summed E-state index contributed by atoms with van der Waals surface area (Å²) in [5, 5.41) is 0. The Labute approximate surface area is 169 Å². The molecule has 2 aromatic rings. The molecule has 3 heteroatoms. The molecule has 1 nitrogen and oxygen atoms in total. The molecule has 0 fully saturated rings. The van der Waals surface area contributed by atoms with Crippen molar-refractivity contribution in [3.63, 3.8) is 0 Å². The summed E-state index contributed by atoms with van der Waals surface area (Å²) >= 11 is -0.160. The van der Waals surface area contributed by atoms with Gasteiger partial charge in [-0.3, -0.25) is 0 Å². The van der Waals surface area contributed by atoms with Gasteiger partial charge in [-0.15, -0.1) is 0 Å². The average molecular weight is 479 g/mol. The molecule has 1 aromatic carbocycles. The molecule has 0 aliphatic rings. The van der Waals surface area contributed by atoms with Gasteiger partial charge in [0.2, 0.25) is 0 Å². The average Bonchev–Trinajstić information content (AvgIpc) is 3.18. The minimum atomic E-state index is -2.27. The Morgan fingerprint density at radius 3 is 1.77 bits per heavy atom. The van der Waals surface area contributed by atoms with E-state index in [1.165, 1.54) is 49.0 Å². The molecule has 0 amide bonds. The van der Waals surface area contributed by atoms with E-state index in [2.05, 4.69) is 68.5 Å². The van der Waals surface area contributed by atoms with Crippen LogP contribution in [-0.2, 0) is 0 Å². The van der Waals surface area contributed by atoms with Crippen LogP contribution in [0.25, 0.3) is 10.4 Å². The first-order chi connectivity index (χ1) is 12.7. The summed E-state index contributed by atoms with van der Waals surface area (Å²) in [6.45, 7) is 7.06. The molecule has 144 valence electrons. The number of thiophene rings is 1. The van der Waals surface area contributed by atoms with Crippen LogP contribution >= 0.6 is 11.3 Å². The number of hydrogen-bond donors (Lipinski definition) is 0. The normalized spacial score (nSPS) is 11.7. The number of hydrogen-bond acceptors (Lipinski definition) is 2. The molecule has 1 heterocycles. The van der Waals surface area contributed by atoms with E-state index in [0.717, 1.165) is 5.75 Å². The minimum absolute atomic E-state index is 0.938. The van der Waals surface area contributed by atoms with E-state index in [1.807, 2.05) is 2.89 Å². The topological polar surface area (TPSA) is 9.23 Å². The molecule has 0 atom stereocenters. The fourth-order valence-corrected chi connectivity index (χ4v) is 24.0. The first-order valence-corrected chi connectivity index (χ1v) is 18.7. The predicted octanol–water partition coefficient (Wildman–Crippen LogP) is 7.48. The summed E-state index contributed by atoms with van der Waals surface area (Å²) in [6, 6.07) is 13.5. The Morgan fingerprint density at radius 1 is 0.769 bits per heavy atom. The van der Waals surface area contributed by atoms with Crippen LogP contribution in [0.1, 0.15) is 59.3 Å². The van der Waals surface area contributed by atoms with Crippen LogP contribution in [0.15, 0.2) is 36.4 Å². The Morgan fingerprint density at radius 2 is 1.31 bits per heavy atom. The number of methoxy groups -OCH3 is 1. The maximum absolute atomic E-state index is 5.31. The molecule has 0 aliphatic carbocycles. The van der Waals surface area contributed by atoms with E-state index in [4.69, 9.17) is 4.74 Å². The van der Waals surface area contributed by atoms with Crippen molar-refractivity contribution >= 4 is 32.6 Å². The van der Waals surface area contributed by atoms with Gasteiger partial charge in [0.05, 0.1) is 0 Å². The van der Waals surface area contributed by atoms with Crippen molar-refractivity contribution < 1.29 is 4.74 Å². The van der Waals surface area contributed by atoms with Gasteiger partial charge in [0, 0.05) is 0 Å². The van der Waals surface area contributed by atoms with Gasteiger partial charge in [-0.1, -0.05) is 0 Å². The summed E-state index contributed by atoms with van der Waals surface area (Å²) < 4.78 is 11.8. The maximum atomic E-state index is 5.31. The fourth-order valence-electron chi connectivity index (χ4n) is 3.82. The van der Waals surface area contributed by atoms with E-state index in [9.17, 15) is 0 Å². The van der Waals surface area contributed by atoms with Gasteiger partial charge in [-0.05, 0) is 0 Å². The number of ether oxygens (including phenoxy) is 1. The van der Waals surface area contributed by atoms with Crippen molar-refractivity contribution in [1.82, 2.24) is 0 Å². The Kier molecular flexibility index (Phi) is 9.55. The van der Waals surface area contributed by atoms with E-state index in [1.54, 1.807) is 20.4 Å². The zero-order chi connectivity index (χ0) is 18.8. The second-order valence-electron chi connectivity index (χ2n) is 7.48. The Bertz CT molecular complexity index is 610. The molecule has 0 spiro atoms. The Balaban J connectivity index is 2.31. The van der Waals surface area contributed by atoms with Crippen LogP contribution in [0.4, 0.5) is 0 Å². The standard InChI is InChI=1S/C11H9OS.3C4H9.Sn/c1-12-10-6-4-9(5-7-10)11-3-2-8-13-11;3*1-3-4-2;/h2-7H,1H3;3*1,3-4H2,2H3;. The van der Waals surface area contributed by atoms with Crippen LogP contribution in [0.2, 0.25) is 13.3 Å². The zero-order valence-corrected chi connectivity index (χ0v) is 20.8. The van der Waals surface area contributed by atoms with Crippen LogP contribution < -0.4 is 7.63 Å². The van der Waals surface area contributed by atoms with Gasteiger partial charge >= 0.3 is 170 Å². The van der Waals surface area contributed by atoms with Crippen LogP contribution in [0.5, 0.6) is 5.75 Å². The van der Waals surface area contributed by atoms with Crippen molar-refractivity contribution in [2.24, 2.45) is 0 Å². The predicted molar refractivity (Wildman–Crippen MR) is 121 cm³/mol. The molecule has 0 unspecified atom stereocenters. The van der Waals surface area contributed by atoms with Crippen LogP contribution in [-0.4, -0.2) is 25.5 Å². The first-order valence-electron chi connectivity index (χ1n) is 10.4. The second-order valence-corrected chi connectivity index (χ2v) is 22.7. The van der Waals surface area contributed by atoms with Crippen molar-refractivity contribution in [3.05, 3.63) is 36.4 Å². The van der Waals surface area contributed by atoms with E-state index in [0.29, 0.717) is 0 Å². The molecule has 26 heavy (non-hydrogen) atoms. The third kappa shape index (κ3) is 5.76. The number of benzene rings is 1. The van der Waals surface area contributed by atoms with Crippen molar-refractivity contribution in [1.29, 1.82) is 0 Å². The summed E-state index contributed by atoms with van der Waals surface area (Å²) in [5.41, 5.74) is 1.34. The molecule has 0 saturated carbocycles. The van der Waals surface area contributed by atoms with Crippen molar-refractivity contribution in [2.75, 3.05) is 7.11 Å². The second kappa shape index (κ2) is 11.4. The molecular formula is C23H36OSSn. The molecule has 1 aromatic heterocycles. The van der Waals surface area contributed by atoms with Crippen LogP contribution in [0.3, 0.4) is 0 Å². The Hall–Kier alpha value is -0.481. The third-order valence-electron chi connectivity index (χ3n) is 5.53. The molecule has 0 radical (unpaired) electrons. The molecule has 0 N–H and O–H groups in total. The van der Waals surface area contributed by atoms with E-state index < -0.39 is 18.4 Å². The molecule has 0 saturated heterocycles. The summed E-state index contributed by atoms with van der Waals surface area (Å²) in [4.78, 5) is 1.44. The van der Waals surface area contributed by atoms with Gasteiger partial charge in [-0.25, -0.2) is 0 Å². The fraction of sp³-hybridized carbons (Fsp3) is 0.565. The van der Waals surface area contributed by atoms with Crippen molar-refractivity contribution in [2.45, 2.75) is 72.6 Å². The molecular weight excluding hydrogens is 443 g/mol. The monoisotopic (exact) mass is 480 g/mol. The number of rotatable bonds is 12. The summed E-state index contributed by atoms with van der Waals surface area (Å²) in [7, 11) is 1.73. The molecule has 0 aliphatic heterocycles. The number of unbranched alkanes of at least 4 members (excludes halogenated alkanes) is 3. The van der Waals surface area contributed by atoms with Crippen molar-refractivity contribution in [3.8, 4) is 16.2 Å². The summed E-state index contributed by atoms with van der Waals surface area (Å²) in [6.07, 6.45) is 8.31. The van der Waals surface area contributed by atoms with E-state index in [-0.39, 0.29) is 0 Å². The summed E-state index contributed by atoms with van der Waals surface area (Å²) in [5.74, 6) is 0.938. The molecule has 2 rings (SSSR count).